The molecule has 0 saturated carbocycles. The number of benzene rings is 2. The summed E-state index contributed by atoms with van der Waals surface area (Å²) < 4.78 is 42.1. The highest BCUT2D eigenvalue weighted by molar-refractivity contribution is 7.14. The summed E-state index contributed by atoms with van der Waals surface area (Å²) in [6.45, 7) is 1.83. The van der Waals surface area contributed by atoms with Gasteiger partial charge in [-0.1, -0.05) is 42.5 Å². The number of para-hydroxylation sites is 1. The molecule has 0 atom stereocenters. The van der Waals surface area contributed by atoms with Crippen molar-refractivity contribution in [3.63, 3.8) is 0 Å². The van der Waals surface area contributed by atoms with Crippen molar-refractivity contribution in [2.24, 2.45) is 0 Å². The van der Waals surface area contributed by atoms with Crippen LogP contribution in [0, 0.1) is 0 Å². The van der Waals surface area contributed by atoms with Crippen molar-refractivity contribution >= 4 is 28.3 Å². The minimum atomic E-state index is -4.80. The van der Waals surface area contributed by atoms with E-state index in [1.54, 1.807) is 23.6 Å². The first kappa shape index (κ1) is 23.2. The largest absolute Gasteiger partial charge is 0.434 e. The molecule has 2 amide bonds. The molecule has 0 fully saturated rings. The second kappa shape index (κ2) is 9.48. The van der Waals surface area contributed by atoms with Crippen LogP contribution in [0.15, 0.2) is 66.2 Å². The van der Waals surface area contributed by atoms with Crippen molar-refractivity contribution in [3.05, 3.63) is 83.0 Å². The van der Waals surface area contributed by atoms with Crippen molar-refractivity contribution in [1.29, 1.82) is 0 Å². The minimum Gasteiger partial charge on any atom is -0.352 e. The van der Waals surface area contributed by atoms with Crippen molar-refractivity contribution < 1.29 is 22.8 Å². The van der Waals surface area contributed by atoms with Crippen LogP contribution in [0.25, 0.3) is 16.9 Å². The van der Waals surface area contributed by atoms with E-state index in [1.165, 1.54) is 19.1 Å². The van der Waals surface area contributed by atoms with Gasteiger partial charge < -0.3 is 5.32 Å². The second-order valence-corrected chi connectivity index (χ2v) is 8.11. The average Bonchev–Trinajstić information content (AvgIpc) is 3.46. The highest BCUT2D eigenvalue weighted by atomic mass is 32.1. The number of amides is 2. The molecular formula is C23H18F3N5O2S. The van der Waals surface area contributed by atoms with Gasteiger partial charge in [-0.25, -0.2) is 9.67 Å². The summed E-state index contributed by atoms with van der Waals surface area (Å²) in [6.07, 6.45) is -3.90. The molecule has 0 aliphatic carbocycles. The first-order valence-corrected chi connectivity index (χ1v) is 10.9. The van der Waals surface area contributed by atoms with Gasteiger partial charge in [0.1, 0.15) is 0 Å². The number of nitrogens with zero attached hydrogens (tertiary/aromatic N) is 3. The lowest BCUT2D eigenvalue weighted by molar-refractivity contribution is -0.143. The summed E-state index contributed by atoms with van der Waals surface area (Å²) in [5.74, 6) is -1.09. The van der Waals surface area contributed by atoms with Gasteiger partial charge in [-0.3, -0.25) is 14.9 Å². The van der Waals surface area contributed by atoms with E-state index in [0.717, 1.165) is 28.7 Å². The number of carbonyl (C=O) groups is 2. The molecule has 7 nitrogen and oxygen atoms in total. The van der Waals surface area contributed by atoms with Crippen LogP contribution in [-0.4, -0.2) is 26.6 Å². The topological polar surface area (TPSA) is 88.9 Å². The molecule has 0 radical (unpaired) electrons. The van der Waals surface area contributed by atoms with Gasteiger partial charge in [-0.2, -0.15) is 18.3 Å². The highest BCUT2D eigenvalue weighted by Crippen LogP contribution is 2.34. The Labute approximate surface area is 196 Å². The van der Waals surface area contributed by atoms with E-state index in [0.29, 0.717) is 16.9 Å². The van der Waals surface area contributed by atoms with E-state index >= 15 is 0 Å². The molecule has 0 aliphatic heterocycles. The first-order valence-electron chi connectivity index (χ1n) is 10.0. The van der Waals surface area contributed by atoms with Crippen molar-refractivity contribution in [3.8, 4) is 16.9 Å². The highest BCUT2D eigenvalue weighted by Gasteiger charge is 2.40. The lowest BCUT2D eigenvalue weighted by atomic mass is 10.1. The number of thiazole rings is 1. The third-order valence-corrected chi connectivity index (χ3v) is 5.56. The van der Waals surface area contributed by atoms with Crippen LogP contribution in [0.1, 0.15) is 28.5 Å². The number of hydrogen-bond donors (Lipinski definition) is 2. The average molecular weight is 485 g/mol. The normalized spacial score (nSPS) is 11.3. The molecule has 0 bridgehead atoms. The smallest absolute Gasteiger partial charge is 0.352 e. The summed E-state index contributed by atoms with van der Waals surface area (Å²) in [6, 6.07) is 15.1. The molecule has 4 rings (SSSR count). The standard InChI is InChI=1S/C23H18F3N5O2S/c1-14(32)27-11-15-7-9-16(10-8-15)19-13-34-22(29-19)30-21(33)18-12-28-31(20(18)23(24,25)26)17-5-3-2-4-6-17/h2-10,12-13H,11H2,1H3,(H,27,32)(H,29,30,33). The Morgan fingerprint density at radius 1 is 1.06 bits per heavy atom. The van der Waals surface area contributed by atoms with Crippen LogP contribution in [0.5, 0.6) is 0 Å². The summed E-state index contributed by atoms with van der Waals surface area (Å²) in [7, 11) is 0. The zero-order chi connectivity index (χ0) is 24.3. The molecule has 2 aromatic heterocycles. The molecule has 0 spiro atoms. The Hall–Kier alpha value is -3.99. The predicted molar refractivity (Wildman–Crippen MR) is 122 cm³/mol. The maximum Gasteiger partial charge on any atom is 0.434 e. The number of rotatable bonds is 6. The number of anilines is 1. The number of alkyl halides is 3. The zero-order valence-electron chi connectivity index (χ0n) is 17.8. The van der Waals surface area contributed by atoms with Gasteiger partial charge in [0, 0.05) is 24.4 Å². The van der Waals surface area contributed by atoms with Gasteiger partial charge in [0.2, 0.25) is 5.91 Å². The van der Waals surface area contributed by atoms with E-state index < -0.39 is 23.3 Å². The molecule has 2 N–H and O–H groups in total. The quantitative estimate of drug-likeness (QED) is 0.407. The van der Waals surface area contributed by atoms with E-state index in [9.17, 15) is 22.8 Å². The fraction of sp³-hybridized carbons (Fsp3) is 0.130. The minimum absolute atomic E-state index is 0.132. The Balaban J connectivity index is 1.53. The summed E-state index contributed by atoms with van der Waals surface area (Å²) in [5.41, 5.74) is 0.641. The fourth-order valence-corrected chi connectivity index (χ4v) is 3.92. The van der Waals surface area contributed by atoms with Crippen molar-refractivity contribution in [2.45, 2.75) is 19.6 Å². The Morgan fingerprint density at radius 2 is 1.76 bits per heavy atom. The molecule has 4 aromatic rings. The summed E-state index contributed by atoms with van der Waals surface area (Å²) in [4.78, 5) is 28.1. The van der Waals surface area contributed by atoms with Gasteiger partial charge >= 0.3 is 6.18 Å². The monoisotopic (exact) mass is 485 g/mol. The van der Waals surface area contributed by atoms with Crippen molar-refractivity contribution in [2.75, 3.05) is 5.32 Å². The Bertz CT molecular complexity index is 1310. The van der Waals surface area contributed by atoms with Crippen LogP contribution in [0.3, 0.4) is 0 Å². The van der Waals surface area contributed by atoms with Crippen LogP contribution in [0.4, 0.5) is 18.3 Å². The number of carbonyl (C=O) groups excluding carboxylic acids is 2. The second-order valence-electron chi connectivity index (χ2n) is 7.25. The summed E-state index contributed by atoms with van der Waals surface area (Å²) in [5, 5.41) is 10.8. The molecular weight excluding hydrogens is 467 g/mol. The third kappa shape index (κ3) is 5.15. The van der Waals surface area contributed by atoms with Crippen LogP contribution < -0.4 is 10.6 Å². The molecule has 174 valence electrons. The van der Waals surface area contributed by atoms with Crippen LogP contribution in [0.2, 0.25) is 0 Å². The van der Waals surface area contributed by atoms with E-state index in [-0.39, 0.29) is 16.7 Å². The van der Waals surface area contributed by atoms with Gasteiger partial charge in [-0.15, -0.1) is 11.3 Å². The molecule has 2 heterocycles. The third-order valence-electron chi connectivity index (χ3n) is 4.80. The maximum atomic E-state index is 13.8. The SMILES string of the molecule is CC(=O)NCc1ccc(-c2csc(NC(=O)c3cnn(-c4ccccc4)c3C(F)(F)F)n2)cc1. The van der Waals surface area contributed by atoms with Gasteiger partial charge in [0.05, 0.1) is 23.1 Å². The molecule has 0 saturated heterocycles. The van der Waals surface area contributed by atoms with Crippen LogP contribution in [-0.2, 0) is 17.5 Å². The molecule has 11 heteroatoms. The molecule has 34 heavy (non-hydrogen) atoms. The number of halogens is 3. The maximum absolute atomic E-state index is 13.8. The van der Waals surface area contributed by atoms with Gasteiger partial charge in [0.25, 0.3) is 5.91 Å². The summed E-state index contributed by atoms with van der Waals surface area (Å²) >= 11 is 1.09. The van der Waals surface area contributed by atoms with E-state index in [4.69, 9.17) is 0 Å². The number of hydrogen-bond acceptors (Lipinski definition) is 5. The fourth-order valence-electron chi connectivity index (χ4n) is 3.20. The zero-order valence-corrected chi connectivity index (χ0v) is 18.6. The lowest BCUT2D eigenvalue weighted by Gasteiger charge is -2.12. The van der Waals surface area contributed by atoms with Crippen LogP contribution >= 0.6 is 11.3 Å². The van der Waals surface area contributed by atoms with E-state index in [1.807, 2.05) is 24.3 Å². The van der Waals surface area contributed by atoms with E-state index in [2.05, 4.69) is 20.7 Å². The Morgan fingerprint density at radius 3 is 2.41 bits per heavy atom. The molecule has 2 aromatic carbocycles. The van der Waals surface area contributed by atoms with Gasteiger partial charge in [0.15, 0.2) is 10.8 Å². The molecule has 0 unspecified atom stereocenters. The van der Waals surface area contributed by atoms with Gasteiger partial charge in [-0.05, 0) is 17.7 Å². The molecule has 0 aliphatic rings. The number of aromatic nitrogens is 3. The van der Waals surface area contributed by atoms with Crippen molar-refractivity contribution in [1.82, 2.24) is 20.1 Å². The predicted octanol–water partition coefficient (Wildman–Crippen LogP) is 4.90. The first-order chi connectivity index (χ1) is 16.2. The lowest BCUT2D eigenvalue weighted by Crippen LogP contribution is -2.20. The Kier molecular flexibility index (Phi) is 6.46. The number of nitrogens with one attached hydrogen (secondary N) is 2.